The molecule has 0 nitrogen and oxygen atoms in total. The molecule has 0 atom stereocenters. The van der Waals surface area contributed by atoms with Crippen LogP contribution in [0.2, 0.25) is 0 Å². The molecule has 0 fully saturated rings. The molecule has 1 aromatic carbocycles. The third-order valence-electron chi connectivity index (χ3n) is 0.940. The molecule has 0 aliphatic heterocycles. The summed E-state index contributed by atoms with van der Waals surface area (Å²) in [6, 6.07) is 10.3. The van der Waals surface area contributed by atoms with Crippen LogP contribution in [0.4, 0.5) is 0 Å². The zero-order chi connectivity index (χ0) is 8.69. The van der Waals surface area contributed by atoms with Crippen molar-refractivity contribution in [1.82, 2.24) is 0 Å². The summed E-state index contributed by atoms with van der Waals surface area (Å²) >= 11 is -2.13. The van der Waals surface area contributed by atoms with Crippen molar-refractivity contribution < 1.29 is 18.2 Å². The molecule has 0 saturated carbocycles. The van der Waals surface area contributed by atoms with Gasteiger partial charge in [0.1, 0.15) is 0 Å². The first-order valence-corrected chi connectivity index (χ1v) is 12.5. The minimum absolute atomic E-state index is 1.32. The Hall–Kier alpha value is 0.973. The Labute approximate surface area is 85.8 Å². The fraction of sp³-hybridized carbons (Fsp3) is 0.143. The molecule has 0 aliphatic rings. The van der Waals surface area contributed by atoms with Crippen molar-refractivity contribution in [3.8, 4) is 0 Å². The van der Waals surface area contributed by atoms with E-state index in [4.69, 9.17) is 25.5 Å². The Bertz CT molecular complexity index is 174. The Morgan fingerprint density at radius 1 is 1.00 bits per heavy atom. The van der Waals surface area contributed by atoms with Crippen LogP contribution >= 0.6 is 25.5 Å². The summed E-state index contributed by atoms with van der Waals surface area (Å²) in [7, 11) is 15.0. The molecule has 0 spiro atoms. The predicted octanol–water partition coefficient (Wildman–Crippen LogP) is 4.06. The first-order chi connectivity index (χ1) is 5.13. The monoisotopic (exact) mass is 287 g/mol. The number of halogens is 3. The maximum atomic E-state index is 5.00. The fourth-order valence-electron chi connectivity index (χ4n) is 0.534. The third-order valence-corrected chi connectivity index (χ3v) is 0.940. The second-order valence-corrected chi connectivity index (χ2v) is 13.1. The maximum absolute atomic E-state index is 5.00. The van der Waals surface area contributed by atoms with E-state index in [-0.39, 0.29) is 0 Å². The van der Waals surface area contributed by atoms with E-state index >= 15 is 0 Å². The molecular weight excluding hydrogens is 282 g/mol. The van der Waals surface area contributed by atoms with Crippen LogP contribution in [0.3, 0.4) is 0 Å². The number of rotatable bonds is 0. The SMILES string of the molecule is Cc1ccccc1.[Cl][Zr]([Cl])[Cl]. The van der Waals surface area contributed by atoms with Gasteiger partial charge in [0.05, 0.1) is 0 Å². The zero-order valence-corrected chi connectivity index (χ0v) is 10.7. The Kier molecular flexibility index (Phi) is 8.29. The van der Waals surface area contributed by atoms with Crippen LogP contribution in [0.1, 0.15) is 5.56 Å². The van der Waals surface area contributed by atoms with Gasteiger partial charge in [-0.3, -0.25) is 0 Å². The average Bonchev–Trinajstić information content (AvgIpc) is 1.87. The molecule has 0 heterocycles. The van der Waals surface area contributed by atoms with Crippen LogP contribution in [0, 0.1) is 6.92 Å². The standard InChI is InChI=1S/C7H8.3ClH.Zr/c1-7-5-3-2-4-6-7;;;;/h2-6H,1H3;3*1H;/q;;;;+3/p-3. The van der Waals surface area contributed by atoms with Gasteiger partial charge in [0, 0.05) is 0 Å². The van der Waals surface area contributed by atoms with Gasteiger partial charge in [0.2, 0.25) is 0 Å². The van der Waals surface area contributed by atoms with E-state index in [1.54, 1.807) is 0 Å². The molecule has 0 aliphatic carbocycles. The van der Waals surface area contributed by atoms with Crippen molar-refractivity contribution in [2.45, 2.75) is 6.92 Å². The molecule has 0 unspecified atom stereocenters. The quantitative estimate of drug-likeness (QED) is 0.676. The molecule has 61 valence electrons. The van der Waals surface area contributed by atoms with Gasteiger partial charge in [0.25, 0.3) is 0 Å². The summed E-state index contributed by atoms with van der Waals surface area (Å²) in [6.45, 7) is 2.08. The van der Waals surface area contributed by atoms with Gasteiger partial charge in [0.15, 0.2) is 0 Å². The zero-order valence-electron chi connectivity index (χ0n) is 6.02. The van der Waals surface area contributed by atoms with Gasteiger partial charge in [-0.1, -0.05) is 35.9 Å². The van der Waals surface area contributed by atoms with Crippen LogP contribution in [0.25, 0.3) is 0 Å². The van der Waals surface area contributed by atoms with Crippen molar-refractivity contribution in [2.24, 2.45) is 0 Å². The van der Waals surface area contributed by atoms with Gasteiger partial charge in [-0.15, -0.1) is 0 Å². The Morgan fingerprint density at radius 2 is 1.36 bits per heavy atom. The topological polar surface area (TPSA) is 0 Å². The van der Waals surface area contributed by atoms with Gasteiger partial charge < -0.3 is 0 Å². The molecular formula is C7H8Cl3Zr. The first-order valence-electron chi connectivity index (χ1n) is 2.98. The van der Waals surface area contributed by atoms with Crippen LogP contribution in [-0.4, -0.2) is 0 Å². The molecule has 0 saturated heterocycles. The minimum atomic E-state index is -2.13. The van der Waals surface area contributed by atoms with E-state index in [0.29, 0.717) is 0 Å². The van der Waals surface area contributed by atoms with Crippen LogP contribution in [0.15, 0.2) is 30.3 Å². The second-order valence-electron chi connectivity index (χ2n) is 1.87. The summed E-state index contributed by atoms with van der Waals surface area (Å²) in [5.74, 6) is 0. The van der Waals surface area contributed by atoms with Gasteiger partial charge in [-0.2, -0.15) is 0 Å². The molecule has 0 amide bonds. The van der Waals surface area contributed by atoms with Crippen LogP contribution in [-0.2, 0) is 18.2 Å². The fourth-order valence-corrected chi connectivity index (χ4v) is 0.534. The van der Waals surface area contributed by atoms with E-state index in [1.165, 1.54) is 5.56 Å². The summed E-state index contributed by atoms with van der Waals surface area (Å²) in [5, 5.41) is 0. The number of hydrogen-bond donors (Lipinski definition) is 0. The number of benzene rings is 1. The van der Waals surface area contributed by atoms with Crippen molar-refractivity contribution in [3.05, 3.63) is 35.9 Å². The van der Waals surface area contributed by atoms with E-state index in [2.05, 4.69) is 19.1 Å². The molecule has 0 bridgehead atoms. The van der Waals surface area contributed by atoms with Gasteiger partial charge in [-0.25, -0.2) is 0 Å². The number of aryl methyl sites for hydroxylation is 1. The van der Waals surface area contributed by atoms with Crippen molar-refractivity contribution in [3.63, 3.8) is 0 Å². The molecule has 11 heavy (non-hydrogen) atoms. The summed E-state index contributed by atoms with van der Waals surface area (Å²) in [6.07, 6.45) is 0. The summed E-state index contributed by atoms with van der Waals surface area (Å²) in [5.41, 5.74) is 1.32. The third kappa shape index (κ3) is 11.0. The van der Waals surface area contributed by atoms with Gasteiger partial charge >= 0.3 is 43.7 Å². The van der Waals surface area contributed by atoms with Crippen molar-refractivity contribution in [2.75, 3.05) is 0 Å². The van der Waals surface area contributed by atoms with E-state index in [0.717, 1.165) is 0 Å². The first kappa shape index (κ1) is 12.0. The van der Waals surface area contributed by atoms with Crippen LogP contribution < -0.4 is 0 Å². The average molecular weight is 290 g/mol. The molecule has 0 aromatic heterocycles. The van der Waals surface area contributed by atoms with Crippen molar-refractivity contribution in [1.29, 1.82) is 0 Å². The van der Waals surface area contributed by atoms with E-state index in [9.17, 15) is 0 Å². The van der Waals surface area contributed by atoms with Crippen molar-refractivity contribution >= 4 is 25.5 Å². The predicted molar refractivity (Wildman–Crippen MR) is 48.7 cm³/mol. The molecule has 1 rings (SSSR count). The molecule has 0 radical (unpaired) electrons. The van der Waals surface area contributed by atoms with Gasteiger partial charge in [-0.05, 0) is 6.92 Å². The second kappa shape index (κ2) is 7.61. The van der Waals surface area contributed by atoms with Crippen LogP contribution in [0.5, 0.6) is 0 Å². The summed E-state index contributed by atoms with van der Waals surface area (Å²) in [4.78, 5) is 0. The van der Waals surface area contributed by atoms with E-state index in [1.807, 2.05) is 18.2 Å². The number of hydrogen-bond acceptors (Lipinski definition) is 0. The normalized spacial score (nSPS) is 8.00. The molecule has 1 aromatic rings. The summed E-state index contributed by atoms with van der Waals surface area (Å²) < 4.78 is 0. The Morgan fingerprint density at radius 3 is 1.55 bits per heavy atom. The van der Waals surface area contributed by atoms with E-state index < -0.39 is 18.2 Å². The molecule has 4 heteroatoms. The Balaban J connectivity index is 0.000000218. The molecule has 0 N–H and O–H groups in total.